The lowest BCUT2D eigenvalue weighted by Crippen LogP contribution is -2.43. The number of fused-ring (bicyclic) bond motifs is 1. The maximum atomic E-state index is 13.2. The van der Waals surface area contributed by atoms with Crippen LogP contribution in [-0.2, 0) is 29.5 Å². The molecule has 6 heterocycles. The highest BCUT2D eigenvalue weighted by Crippen LogP contribution is 2.26. The fourth-order valence-electron chi connectivity index (χ4n) is 6.01. The lowest BCUT2D eigenvalue weighted by molar-refractivity contribution is 0.102. The van der Waals surface area contributed by atoms with Gasteiger partial charge in [-0.05, 0) is 61.7 Å². The molecule has 0 bridgehead atoms. The van der Waals surface area contributed by atoms with Gasteiger partial charge in [-0.15, -0.1) is 9.19 Å². The zero-order valence-electron chi connectivity index (χ0n) is 27.7. The molecule has 1 saturated heterocycles. The maximum Gasteiger partial charge on any atom is 0.302 e. The first-order valence-electron chi connectivity index (χ1n) is 16.2. The van der Waals surface area contributed by atoms with E-state index in [1.54, 1.807) is 19.3 Å². The van der Waals surface area contributed by atoms with Gasteiger partial charge in [0.25, 0.3) is 5.91 Å². The van der Waals surface area contributed by atoms with Crippen LogP contribution in [0.5, 0.6) is 0 Å². The van der Waals surface area contributed by atoms with E-state index in [4.69, 9.17) is 0 Å². The first-order valence-corrected chi connectivity index (χ1v) is 17.7. The molecule has 6 aromatic rings. The Labute approximate surface area is 288 Å². The molecule has 0 spiro atoms. The number of hydrogen-bond donors (Lipinski definition) is 3. The highest BCUT2D eigenvalue weighted by atomic mass is 32.2. The molecule has 258 valence electrons. The smallest absolute Gasteiger partial charge is 0.302 e. The Morgan fingerprint density at radius 3 is 2.58 bits per heavy atom. The number of H-pyrrole nitrogens is 1. The molecule has 7 rings (SSSR count). The zero-order chi connectivity index (χ0) is 34.7. The van der Waals surface area contributed by atoms with Crippen molar-refractivity contribution in [2.75, 3.05) is 43.9 Å². The number of carbonyl (C=O) groups excluding carboxylic acids is 1. The molecule has 0 atom stereocenters. The number of piperazine rings is 1. The van der Waals surface area contributed by atoms with Gasteiger partial charge in [-0.25, -0.2) is 19.9 Å². The zero-order valence-corrected chi connectivity index (χ0v) is 28.5. The quantitative estimate of drug-likeness (QED) is 0.170. The van der Waals surface area contributed by atoms with Crippen LogP contribution < -0.4 is 10.6 Å². The molecule has 3 N–H and O–H groups in total. The molecule has 1 fully saturated rings. The van der Waals surface area contributed by atoms with Crippen LogP contribution in [-0.4, -0.2) is 101 Å². The fourth-order valence-corrected chi connectivity index (χ4v) is 7.18. The maximum absolute atomic E-state index is 13.2. The van der Waals surface area contributed by atoms with Crippen LogP contribution in [0.25, 0.3) is 11.0 Å². The lowest BCUT2D eigenvalue weighted by atomic mass is 10.1. The summed E-state index contributed by atoms with van der Waals surface area (Å²) in [5.41, 5.74) is 4.77. The first kappa shape index (κ1) is 33.0. The molecule has 1 aliphatic heterocycles. The predicted octanol–water partition coefficient (Wildman–Crippen LogP) is 3.06. The van der Waals surface area contributed by atoms with Crippen molar-refractivity contribution in [1.29, 1.82) is 0 Å². The standard InChI is InChI=1S/C33H37N13O3S/c1-23-16-25(17-35-33(23)50(48,49)46-22-34-20-39-46)4-3-10-45-11-9-27-30(36-21-37-31(27)45)41-28-18-38-42-29(28)32(47)40-26-7-5-24(6-8-26)19-44-14-12-43(2)13-15-44/h5-9,11,16-18,20-22H,3-4,10,12-15,19H2,1-2H3,(H,38,42)(H,40,47)(H,36,37,41). The Bertz CT molecular complexity index is 2210. The minimum atomic E-state index is -3.90. The highest BCUT2D eigenvalue weighted by molar-refractivity contribution is 7.89. The van der Waals surface area contributed by atoms with Gasteiger partial charge in [-0.3, -0.25) is 14.8 Å². The largest absolute Gasteiger partial charge is 0.336 e. The summed E-state index contributed by atoms with van der Waals surface area (Å²) in [5.74, 6) is 0.193. The van der Waals surface area contributed by atoms with Crippen molar-refractivity contribution in [1.82, 2.24) is 53.7 Å². The summed E-state index contributed by atoms with van der Waals surface area (Å²) in [6.07, 6.45) is 10.4. The van der Waals surface area contributed by atoms with E-state index in [9.17, 15) is 13.2 Å². The van der Waals surface area contributed by atoms with Gasteiger partial charge in [-0.2, -0.15) is 13.5 Å². The lowest BCUT2D eigenvalue weighted by Gasteiger charge is -2.32. The summed E-state index contributed by atoms with van der Waals surface area (Å²) in [7, 11) is -1.75. The number of nitrogens with one attached hydrogen (secondary N) is 3. The van der Waals surface area contributed by atoms with Crippen LogP contribution in [0.15, 0.2) is 79.0 Å². The summed E-state index contributed by atoms with van der Waals surface area (Å²) in [6.45, 7) is 7.49. The SMILES string of the molecule is Cc1cc(CCCn2ccc3c(Nc4c[nH]nc4C(=O)Nc4ccc(CN5CCN(C)CC5)cc4)ncnc32)cnc1S(=O)(=O)n1cncn1. The number of benzene rings is 1. The number of aromatic nitrogens is 9. The van der Waals surface area contributed by atoms with Crippen molar-refractivity contribution in [2.45, 2.75) is 37.9 Å². The summed E-state index contributed by atoms with van der Waals surface area (Å²) < 4.78 is 28.4. The van der Waals surface area contributed by atoms with E-state index in [-0.39, 0.29) is 16.6 Å². The molecular formula is C33H37N13O3S. The second kappa shape index (κ2) is 14.1. The number of aromatic amines is 1. The molecule has 1 aromatic carbocycles. The minimum absolute atomic E-state index is 0.0519. The van der Waals surface area contributed by atoms with E-state index in [1.165, 1.54) is 18.2 Å². The Hall–Kier alpha value is -5.52. The van der Waals surface area contributed by atoms with Crippen LogP contribution in [0.4, 0.5) is 17.2 Å². The summed E-state index contributed by atoms with van der Waals surface area (Å²) in [5, 5.41) is 17.7. The topological polar surface area (TPSA) is 185 Å². The molecule has 50 heavy (non-hydrogen) atoms. The number of nitrogens with zero attached hydrogens (tertiary/aromatic N) is 10. The summed E-state index contributed by atoms with van der Waals surface area (Å²) >= 11 is 0. The van der Waals surface area contributed by atoms with Crippen LogP contribution in [0.3, 0.4) is 0 Å². The number of rotatable bonds is 12. The normalized spacial score (nSPS) is 14.3. The molecule has 17 heteroatoms. The van der Waals surface area contributed by atoms with Gasteiger partial charge in [0.1, 0.15) is 30.4 Å². The minimum Gasteiger partial charge on any atom is -0.336 e. The molecule has 0 unspecified atom stereocenters. The van der Waals surface area contributed by atoms with E-state index < -0.39 is 10.0 Å². The Morgan fingerprint density at radius 1 is 1.00 bits per heavy atom. The third-order valence-corrected chi connectivity index (χ3v) is 10.3. The Balaban J connectivity index is 0.968. The van der Waals surface area contributed by atoms with E-state index in [2.05, 4.69) is 62.7 Å². The van der Waals surface area contributed by atoms with Gasteiger partial charge in [0, 0.05) is 63.5 Å². The number of anilines is 3. The number of likely N-dealkylation sites (N-methyl/N-ethyl adjacent to an activating group) is 1. The van der Waals surface area contributed by atoms with Gasteiger partial charge in [0.2, 0.25) is 0 Å². The molecule has 1 aliphatic rings. The van der Waals surface area contributed by atoms with Gasteiger partial charge in [0.15, 0.2) is 10.7 Å². The van der Waals surface area contributed by atoms with E-state index >= 15 is 0 Å². The van der Waals surface area contributed by atoms with Crippen molar-refractivity contribution in [3.63, 3.8) is 0 Å². The molecule has 16 nitrogen and oxygen atoms in total. The monoisotopic (exact) mass is 695 g/mol. The number of carbonyl (C=O) groups is 1. The molecular weight excluding hydrogens is 659 g/mol. The average molecular weight is 696 g/mol. The average Bonchev–Trinajstić information content (AvgIpc) is 3.90. The van der Waals surface area contributed by atoms with Crippen LogP contribution in [0.2, 0.25) is 0 Å². The van der Waals surface area contributed by atoms with Gasteiger partial charge < -0.3 is 20.1 Å². The van der Waals surface area contributed by atoms with Gasteiger partial charge >= 0.3 is 10.0 Å². The molecule has 5 aromatic heterocycles. The van der Waals surface area contributed by atoms with Crippen LogP contribution >= 0.6 is 0 Å². The number of amides is 1. The molecule has 0 saturated carbocycles. The van der Waals surface area contributed by atoms with E-state index in [0.717, 1.165) is 66.2 Å². The number of aryl methyl sites for hydroxylation is 3. The van der Waals surface area contributed by atoms with Crippen molar-refractivity contribution >= 4 is 44.2 Å². The number of pyridine rings is 1. The Kier molecular flexibility index (Phi) is 9.34. The van der Waals surface area contributed by atoms with Crippen LogP contribution in [0.1, 0.15) is 33.6 Å². The highest BCUT2D eigenvalue weighted by Gasteiger charge is 2.22. The first-order chi connectivity index (χ1) is 24.2. The van der Waals surface area contributed by atoms with Crippen LogP contribution in [0, 0.1) is 6.92 Å². The van der Waals surface area contributed by atoms with E-state index in [0.29, 0.717) is 35.7 Å². The van der Waals surface area contributed by atoms with E-state index in [1.807, 2.05) is 47.2 Å². The second-order valence-electron chi connectivity index (χ2n) is 12.3. The predicted molar refractivity (Wildman–Crippen MR) is 186 cm³/mol. The van der Waals surface area contributed by atoms with Crippen molar-refractivity contribution < 1.29 is 13.2 Å². The van der Waals surface area contributed by atoms with Crippen molar-refractivity contribution in [2.24, 2.45) is 0 Å². The van der Waals surface area contributed by atoms with Gasteiger partial charge in [0.05, 0.1) is 11.1 Å². The molecule has 0 aliphatic carbocycles. The third-order valence-electron chi connectivity index (χ3n) is 8.72. The molecule has 1 amide bonds. The number of hydrogen-bond acceptors (Lipinski definition) is 12. The summed E-state index contributed by atoms with van der Waals surface area (Å²) in [6, 6.07) is 11.7. The summed E-state index contributed by atoms with van der Waals surface area (Å²) in [4.78, 5) is 34.9. The second-order valence-corrected chi connectivity index (χ2v) is 14.0. The van der Waals surface area contributed by atoms with Crippen molar-refractivity contribution in [3.05, 3.63) is 96.4 Å². The van der Waals surface area contributed by atoms with Gasteiger partial charge in [-0.1, -0.05) is 18.2 Å². The fraction of sp³-hybridized carbons (Fsp3) is 0.303. The third kappa shape index (κ3) is 7.10. The Morgan fingerprint density at radius 2 is 1.82 bits per heavy atom. The molecule has 0 radical (unpaired) electrons. The van der Waals surface area contributed by atoms with Crippen molar-refractivity contribution in [3.8, 4) is 0 Å².